The van der Waals surface area contributed by atoms with Gasteiger partial charge in [0.05, 0.1) is 18.7 Å². The predicted octanol–water partition coefficient (Wildman–Crippen LogP) is 2.92. The molecule has 0 bridgehead atoms. The number of hydrogen-bond donors (Lipinski definition) is 0. The first kappa shape index (κ1) is 21.7. The Balaban J connectivity index is 1.24. The van der Waals surface area contributed by atoms with Gasteiger partial charge in [0.2, 0.25) is 5.91 Å². The van der Waals surface area contributed by atoms with Crippen molar-refractivity contribution in [3.63, 3.8) is 0 Å². The van der Waals surface area contributed by atoms with Crippen LogP contribution in [-0.2, 0) is 32.1 Å². The second-order valence-corrected chi connectivity index (χ2v) is 8.09. The van der Waals surface area contributed by atoms with Crippen molar-refractivity contribution in [3.05, 3.63) is 71.3 Å². The first-order valence-corrected chi connectivity index (χ1v) is 11.0. The second kappa shape index (κ2) is 9.77. The lowest BCUT2D eigenvalue weighted by Crippen LogP contribution is -2.42. The SMILES string of the molecule is CC(OC(=O)CCC(=O)N1CCC(c2ccccc2)=N1)C(=O)N1CCc2ccccc2C1. The Morgan fingerprint density at radius 3 is 2.44 bits per heavy atom. The van der Waals surface area contributed by atoms with Gasteiger partial charge < -0.3 is 9.64 Å². The Kier molecular flexibility index (Phi) is 6.63. The van der Waals surface area contributed by atoms with Crippen molar-refractivity contribution in [3.8, 4) is 0 Å². The van der Waals surface area contributed by atoms with E-state index in [1.54, 1.807) is 11.8 Å². The van der Waals surface area contributed by atoms with Gasteiger partial charge in [-0.15, -0.1) is 0 Å². The zero-order valence-electron chi connectivity index (χ0n) is 18.2. The fourth-order valence-electron chi connectivity index (χ4n) is 4.06. The zero-order valence-corrected chi connectivity index (χ0v) is 18.2. The highest BCUT2D eigenvalue weighted by molar-refractivity contribution is 6.02. The summed E-state index contributed by atoms with van der Waals surface area (Å²) in [5, 5.41) is 5.80. The number of hydrazone groups is 1. The Bertz CT molecular complexity index is 1030. The molecule has 1 unspecified atom stereocenters. The molecule has 2 aliphatic heterocycles. The number of nitrogens with zero attached hydrogens (tertiary/aromatic N) is 3. The molecule has 0 radical (unpaired) electrons. The molecule has 32 heavy (non-hydrogen) atoms. The highest BCUT2D eigenvalue weighted by atomic mass is 16.5. The standard InChI is InChI=1S/C25H27N3O4/c1-18(25(31)27-15-13-19-7-5-6-10-21(19)17-27)32-24(30)12-11-23(29)28-16-14-22(26-28)20-8-3-2-4-9-20/h2-10,18H,11-17H2,1H3. The molecule has 2 aromatic rings. The van der Waals surface area contributed by atoms with Crippen LogP contribution in [0.5, 0.6) is 0 Å². The van der Waals surface area contributed by atoms with Crippen LogP contribution in [0.1, 0.15) is 42.9 Å². The van der Waals surface area contributed by atoms with Crippen molar-refractivity contribution in [2.45, 2.75) is 45.3 Å². The van der Waals surface area contributed by atoms with Crippen LogP contribution < -0.4 is 0 Å². The van der Waals surface area contributed by atoms with Gasteiger partial charge in [-0.1, -0.05) is 54.6 Å². The third kappa shape index (κ3) is 5.04. The summed E-state index contributed by atoms with van der Waals surface area (Å²) in [4.78, 5) is 39.1. The van der Waals surface area contributed by atoms with Crippen LogP contribution in [0, 0.1) is 0 Å². The minimum absolute atomic E-state index is 0.00238. The van der Waals surface area contributed by atoms with E-state index < -0.39 is 12.1 Å². The van der Waals surface area contributed by atoms with Crippen molar-refractivity contribution in [1.29, 1.82) is 0 Å². The van der Waals surface area contributed by atoms with E-state index in [0.29, 0.717) is 26.1 Å². The van der Waals surface area contributed by atoms with Crippen LogP contribution in [0.15, 0.2) is 59.7 Å². The van der Waals surface area contributed by atoms with Crippen molar-refractivity contribution >= 4 is 23.5 Å². The maximum atomic E-state index is 12.7. The Hall–Kier alpha value is -3.48. The fourth-order valence-corrected chi connectivity index (χ4v) is 4.06. The molecule has 7 heteroatoms. The summed E-state index contributed by atoms with van der Waals surface area (Å²) in [7, 11) is 0. The lowest BCUT2D eigenvalue weighted by Gasteiger charge is -2.30. The van der Waals surface area contributed by atoms with E-state index in [0.717, 1.165) is 23.3 Å². The van der Waals surface area contributed by atoms with Crippen LogP contribution in [0.2, 0.25) is 0 Å². The maximum Gasteiger partial charge on any atom is 0.307 e. The van der Waals surface area contributed by atoms with E-state index in [9.17, 15) is 14.4 Å². The van der Waals surface area contributed by atoms with E-state index >= 15 is 0 Å². The van der Waals surface area contributed by atoms with Gasteiger partial charge in [0, 0.05) is 25.9 Å². The molecule has 2 amide bonds. The molecule has 2 aliphatic rings. The molecule has 0 spiro atoms. The third-order valence-electron chi connectivity index (χ3n) is 5.84. The molecule has 0 aromatic heterocycles. The van der Waals surface area contributed by atoms with Gasteiger partial charge in [-0.25, -0.2) is 5.01 Å². The van der Waals surface area contributed by atoms with Crippen LogP contribution >= 0.6 is 0 Å². The minimum atomic E-state index is -0.877. The molecular formula is C25H27N3O4. The molecular weight excluding hydrogens is 406 g/mol. The quantitative estimate of drug-likeness (QED) is 0.656. The molecule has 0 fully saturated rings. The highest BCUT2D eigenvalue weighted by Gasteiger charge is 2.28. The molecule has 0 saturated heterocycles. The number of ether oxygens (including phenoxy) is 1. The molecule has 2 heterocycles. The molecule has 166 valence electrons. The van der Waals surface area contributed by atoms with E-state index in [1.807, 2.05) is 48.5 Å². The first-order chi connectivity index (χ1) is 15.5. The number of rotatable bonds is 6. The van der Waals surface area contributed by atoms with Crippen LogP contribution in [0.4, 0.5) is 0 Å². The number of hydrogen-bond acceptors (Lipinski definition) is 5. The van der Waals surface area contributed by atoms with Gasteiger partial charge in [0.15, 0.2) is 6.10 Å². The van der Waals surface area contributed by atoms with Crippen molar-refractivity contribution < 1.29 is 19.1 Å². The number of esters is 1. The summed E-state index contributed by atoms with van der Waals surface area (Å²) < 4.78 is 5.32. The van der Waals surface area contributed by atoms with Crippen molar-refractivity contribution in [2.24, 2.45) is 5.10 Å². The number of benzene rings is 2. The fraction of sp³-hybridized carbons (Fsp3) is 0.360. The topological polar surface area (TPSA) is 79.3 Å². The Labute approximate surface area is 187 Å². The van der Waals surface area contributed by atoms with Crippen molar-refractivity contribution in [2.75, 3.05) is 13.1 Å². The summed E-state index contributed by atoms with van der Waals surface area (Å²) in [6.07, 6.45) is 0.523. The molecule has 0 N–H and O–H groups in total. The predicted molar refractivity (Wildman–Crippen MR) is 120 cm³/mol. The zero-order chi connectivity index (χ0) is 22.5. The smallest absolute Gasteiger partial charge is 0.307 e. The summed E-state index contributed by atoms with van der Waals surface area (Å²) in [6, 6.07) is 17.8. The number of amides is 2. The number of fused-ring (bicyclic) bond motifs is 1. The van der Waals surface area contributed by atoms with E-state index in [2.05, 4.69) is 11.2 Å². The van der Waals surface area contributed by atoms with Crippen LogP contribution in [0.3, 0.4) is 0 Å². The molecule has 2 aromatic carbocycles. The second-order valence-electron chi connectivity index (χ2n) is 8.09. The number of carbonyl (C=O) groups is 3. The van der Waals surface area contributed by atoms with Gasteiger partial charge in [-0.2, -0.15) is 5.10 Å². The Morgan fingerprint density at radius 2 is 1.66 bits per heavy atom. The largest absolute Gasteiger partial charge is 0.453 e. The summed E-state index contributed by atoms with van der Waals surface area (Å²) in [5.41, 5.74) is 4.23. The first-order valence-electron chi connectivity index (χ1n) is 11.0. The molecule has 1 atom stereocenters. The van der Waals surface area contributed by atoms with Crippen LogP contribution in [0.25, 0.3) is 0 Å². The maximum absolute atomic E-state index is 12.7. The minimum Gasteiger partial charge on any atom is -0.453 e. The van der Waals surface area contributed by atoms with Gasteiger partial charge in [0.1, 0.15) is 0 Å². The van der Waals surface area contributed by atoms with Gasteiger partial charge in [0.25, 0.3) is 5.91 Å². The monoisotopic (exact) mass is 433 g/mol. The summed E-state index contributed by atoms with van der Waals surface area (Å²) in [6.45, 7) is 3.21. The van der Waals surface area contributed by atoms with E-state index in [-0.39, 0.29) is 24.7 Å². The number of carbonyl (C=O) groups excluding carboxylic acids is 3. The van der Waals surface area contributed by atoms with Gasteiger partial charge in [-0.05, 0) is 30.0 Å². The average Bonchev–Trinajstić information content (AvgIpc) is 3.33. The molecule has 0 saturated carbocycles. The van der Waals surface area contributed by atoms with E-state index in [4.69, 9.17) is 4.74 Å². The average molecular weight is 434 g/mol. The highest BCUT2D eigenvalue weighted by Crippen LogP contribution is 2.20. The lowest BCUT2D eigenvalue weighted by atomic mass is 9.99. The van der Waals surface area contributed by atoms with Gasteiger partial charge in [-0.3, -0.25) is 14.4 Å². The lowest BCUT2D eigenvalue weighted by molar-refractivity contribution is -0.160. The van der Waals surface area contributed by atoms with Crippen molar-refractivity contribution in [1.82, 2.24) is 9.91 Å². The normalized spacial score (nSPS) is 16.2. The third-order valence-corrected chi connectivity index (χ3v) is 5.84. The molecule has 7 nitrogen and oxygen atoms in total. The Morgan fingerprint density at radius 1 is 0.938 bits per heavy atom. The van der Waals surface area contributed by atoms with E-state index in [1.165, 1.54) is 10.6 Å². The summed E-state index contributed by atoms with van der Waals surface area (Å²) in [5.74, 6) is -0.988. The van der Waals surface area contributed by atoms with Crippen LogP contribution in [-0.4, -0.2) is 52.6 Å². The molecule has 0 aliphatic carbocycles. The summed E-state index contributed by atoms with van der Waals surface area (Å²) >= 11 is 0. The molecule has 4 rings (SSSR count). The van der Waals surface area contributed by atoms with Gasteiger partial charge >= 0.3 is 5.97 Å².